The lowest BCUT2D eigenvalue weighted by atomic mass is 10.1. The van der Waals surface area contributed by atoms with E-state index >= 15 is 0 Å². The molecule has 0 saturated carbocycles. The summed E-state index contributed by atoms with van der Waals surface area (Å²) in [6.07, 6.45) is -2.70. The number of non-ortho nitro benzene ring substituents is 1. The molecule has 0 radical (unpaired) electrons. The normalized spacial score (nSPS) is 11.5. The summed E-state index contributed by atoms with van der Waals surface area (Å²) in [7, 11) is 0. The van der Waals surface area contributed by atoms with Crippen LogP contribution in [0.5, 0.6) is 0 Å². The third-order valence-electron chi connectivity index (χ3n) is 3.69. The van der Waals surface area contributed by atoms with Crippen LogP contribution in [-0.2, 0) is 6.18 Å². The second-order valence-electron chi connectivity index (χ2n) is 5.33. The fourth-order valence-electron chi connectivity index (χ4n) is 2.40. The van der Waals surface area contributed by atoms with E-state index in [1.54, 1.807) is 24.3 Å². The molecule has 0 aliphatic carbocycles. The molecule has 5 nitrogen and oxygen atoms in total. The molecular weight excluding hydrogens is 367 g/mol. The van der Waals surface area contributed by atoms with Crippen LogP contribution in [0, 0.1) is 10.1 Å². The first-order chi connectivity index (χ1) is 12.3. The van der Waals surface area contributed by atoms with E-state index in [4.69, 9.17) is 0 Å². The summed E-state index contributed by atoms with van der Waals surface area (Å²) in [5.41, 5.74) is -0.0688. The van der Waals surface area contributed by atoms with E-state index in [0.717, 1.165) is 15.6 Å². The van der Waals surface area contributed by atoms with Gasteiger partial charge in [0, 0.05) is 22.6 Å². The third-order valence-corrected chi connectivity index (χ3v) is 4.43. The quantitative estimate of drug-likeness (QED) is 0.356. The first-order valence-corrected chi connectivity index (χ1v) is 8.58. The lowest BCUT2D eigenvalue weighted by molar-refractivity contribution is -0.384. The molecule has 2 aromatic carbocycles. The van der Waals surface area contributed by atoms with Crippen LogP contribution in [0.25, 0.3) is 16.9 Å². The molecule has 26 heavy (non-hydrogen) atoms. The number of rotatable bonds is 4. The third kappa shape index (κ3) is 3.57. The van der Waals surface area contributed by atoms with Gasteiger partial charge in [-0.3, -0.25) is 10.1 Å². The summed E-state index contributed by atoms with van der Waals surface area (Å²) >= 11 is 1.52. The lowest BCUT2D eigenvalue weighted by Crippen LogP contribution is -2.07. The molecule has 0 unspecified atom stereocenters. The number of nitro benzene ring substituents is 1. The molecule has 3 rings (SSSR count). The Labute approximate surface area is 150 Å². The first-order valence-electron chi connectivity index (χ1n) is 7.36. The fourth-order valence-corrected chi connectivity index (χ4v) is 2.81. The molecule has 0 fully saturated rings. The molecule has 0 aliphatic heterocycles. The minimum atomic E-state index is -4.60. The Morgan fingerprint density at radius 2 is 1.69 bits per heavy atom. The standard InChI is InChI=1S/C17H12F3N3O2S/c1-26-14-8-2-11(3-9-14)15-10-16(17(18,19)20)21-22(15)12-4-6-13(7-5-12)23(24)25/h2-10H,1H3. The van der Waals surface area contributed by atoms with Crippen LogP contribution in [0.15, 0.2) is 59.5 Å². The largest absolute Gasteiger partial charge is 0.435 e. The van der Waals surface area contributed by atoms with Gasteiger partial charge in [-0.25, -0.2) is 4.68 Å². The highest BCUT2D eigenvalue weighted by Gasteiger charge is 2.35. The van der Waals surface area contributed by atoms with Gasteiger partial charge in [0.05, 0.1) is 16.3 Å². The minimum absolute atomic E-state index is 0.150. The predicted molar refractivity (Wildman–Crippen MR) is 92.4 cm³/mol. The van der Waals surface area contributed by atoms with Gasteiger partial charge in [0.1, 0.15) is 0 Å². The highest BCUT2D eigenvalue weighted by atomic mass is 32.2. The number of hydrogen-bond acceptors (Lipinski definition) is 4. The lowest BCUT2D eigenvalue weighted by Gasteiger charge is -2.08. The first kappa shape index (κ1) is 18.0. The van der Waals surface area contributed by atoms with Gasteiger partial charge < -0.3 is 0 Å². The van der Waals surface area contributed by atoms with Crippen LogP contribution in [0.4, 0.5) is 18.9 Å². The highest BCUT2D eigenvalue weighted by Crippen LogP contribution is 2.34. The van der Waals surface area contributed by atoms with E-state index in [9.17, 15) is 23.3 Å². The average Bonchev–Trinajstić information content (AvgIpc) is 3.07. The van der Waals surface area contributed by atoms with Crippen molar-refractivity contribution in [2.75, 3.05) is 6.26 Å². The number of benzene rings is 2. The zero-order valence-corrected chi connectivity index (χ0v) is 14.2. The molecule has 0 N–H and O–H groups in total. The summed E-state index contributed by atoms with van der Waals surface area (Å²) in [6.45, 7) is 0. The van der Waals surface area contributed by atoms with E-state index in [0.29, 0.717) is 11.3 Å². The maximum atomic E-state index is 13.1. The van der Waals surface area contributed by atoms with Gasteiger partial charge in [-0.05, 0) is 36.6 Å². The van der Waals surface area contributed by atoms with Crippen molar-refractivity contribution in [1.29, 1.82) is 0 Å². The molecule has 0 atom stereocenters. The Morgan fingerprint density at radius 1 is 1.08 bits per heavy atom. The van der Waals surface area contributed by atoms with Crippen molar-refractivity contribution in [3.05, 3.63) is 70.4 Å². The van der Waals surface area contributed by atoms with E-state index in [-0.39, 0.29) is 11.4 Å². The van der Waals surface area contributed by atoms with E-state index in [1.165, 1.54) is 36.0 Å². The van der Waals surface area contributed by atoms with Crippen LogP contribution >= 0.6 is 11.8 Å². The Morgan fingerprint density at radius 3 is 2.19 bits per heavy atom. The minimum Gasteiger partial charge on any atom is -0.258 e. The Bertz CT molecular complexity index is 935. The zero-order chi connectivity index (χ0) is 18.9. The van der Waals surface area contributed by atoms with Gasteiger partial charge in [-0.1, -0.05) is 12.1 Å². The number of thioether (sulfide) groups is 1. The Hall–Kier alpha value is -2.81. The second kappa shape index (κ2) is 6.83. The van der Waals surface area contributed by atoms with Gasteiger partial charge in [0.2, 0.25) is 0 Å². The molecule has 1 heterocycles. The summed E-state index contributed by atoms with van der Waals surface area (Å²) in [4.78, 5) is 11.2. The van der Waals surface area contributed by atoms with Gasteiger partial charge in [-0.2, -0.15) is 18.3 Å². The van der Waals surface area contributed by atoms with Gasteiger partial charge in [-0.15, -0.1) is 11.8 Å². The molecule has 134 valence electrons. The van der Waals surface area contributed by atoms with Crippen molar-refractivity contribution >= 4 is 17.4 Å². The van der Waals surface area contributed by atoms with Crippen molar-refractivity contribution in [3.63, 3.8) is 0 Å². The number of alkyl halides is 3. The van der Waals surface area contributed by atoms with Crippen LogP contribution < -0.4 is 0 Å². The molecule has 3 aromatic rings. The van der Waals surface area contributed by atoms with Crippen LogP contribution in [0.3, 0.4) is 0 Å². The smallest absolute Gasteiger partial charge is 0.258 e. The average molecular weight is 379 g/mol. The van der Waals surface area contributed by atoms with Crippen molar-refractivity contribution in [3.8, 4) is 16.9 Å². The molecular formula is C17H12F3N3O2S. The van der Waals surface area contributed by atoms with Crippen molar-refractivity contribution in [2.45, 2.75) is 11.1 Å². The summed E-state index contributed by atoms with van der Waals surface area (Å²) in [6, 6.07) is 13.2. The maximum absolute atomic E-state index is 13.1. The van der Waals surface area contributed by atoms with Crippen molar-refractivity contribution < 1.29 is 18.1 Å². The summed E-state index contributed by atoms with van der Waals surface area (Å²) in [5.74, 6) is 0. The topological polar surface area (TPSA) is 61.0 Å². The monoisotopic (exact) mass is 379 g/mol. The Balaban J connectivity index is 2.13. The highest BCUT2D eigenvalue weighted by molar-refractivity contribution is 7.98. The molecule has 0 bridgehead atoms. The van der Waals surface area contributed by atoms with Gasteiger partial charge in [0.25, 0.3) is 5.69 Å². The number of nitrogens with zero attached hydrogens (tertiary/aromatic N) is 3. The molecule has 9 heteroatoms. The van der Waals surface area contributed by atoms with Crippen LogP contribution in [-0.4, -0.2) is 21.0 Å². The number of hydrogen-bond donors (Lipinski definition) is 0. The fraction of sp³-hybridized carbons (Fsp3) is 0.118. The van der Waals surface area contributed by atoms with Gasteiger partial charge >= 0.3 is 6.18 Å². The molecule has 0 amide bonds. The zero-order valence-electron chi connectivity index (χ0n) is 13.4. The van der Waals surface area contributed by atoms with E-state index < -0.39 is 16.8 Å². The van der Waals surface area contributed by atoms with E-state index in [1.807, 2.05) is 6.26 Å². The molecule has 0 saturated heterocycles. The second-order valence-corrected chi connectivity index (χ2v) is 6.21. The summed E-state index contributed by atoms with van der Waals surface area (Å²) in [5, 5.41) is 14.4. The van der Waals surface area contributed by atoms with Crippen LogP contribution in [0.1, 0.15) is 5.69 Å². The van der Waals surface area contributed by atoms with Crippen LogP contribution in [0.2, 0.25) is 0 Å². The molecule has 0 aliphatic rings. The van der Waals surface area contributed by atoms with Crippen molar-refractivity contribution in [2.24, 2.45) is 0 Å². The Kier molecular flexibility index (Phi) is 4.73. The SMILES string of the molecule is CSc1ccc(-c2cc(C(F)(F)F)nn2-c2ccc([N+](=O)[O-])cc2)cc1. The maximum Gasteiger partial charge on any atom is 0.435 e. The number of halogens is 3. The van der Waals surface area contributed by atoms with Gasteiger partial charge in [0.15, 0.2) is 5.69 Å². The number of aromatic nitrogens is 2. The van der Waals surface area contributed by atoms with E-state index in [2.05, 4.69) is 5.10 Å². The predicted octanol–water partition coefficient (Wildman–Crippen LogP) is 5.19. The number of nitro groups is 1. The molecule has 1 aromatic heterocycles. The summed E-state index contributed by atoms with van der Waals surface area (Å²) < 4.78 is 40.5. The molecule has 0 spiro atoms. The van der Waals surface area contributed by atoms with Crippen molar-refractivity contribution in [1.82, 2.24) is 9.78 Å².